The SMILES string of the molecule is Fc1ccc(-c2ccc(-c3nnc([C@H]4CCCO4)o3)s2)cc1. The highest BCUT2D eigenvalue weighted by atomic mass is 32.1. The number of hydrogen-bond acceptors (Lipinski definition) is 5. The average molecular weight is 316 g/mol. The van der Waals surface area contributed by atoms with Gasteiger partial charge in [0.05, 0.1) is 4.88 Å². The molecule has 4 rings (SSSR count). The molecule has 4 nitrogen and oxygen atoms in total. The summed E-state index contributed by atoms with van der Waals surface area (Å²) in [4.78, 5) is 1.93. The van der Waals surface area contributed by atoms with E-state index in [1.165, 1.54) is 12.1 Å². The lowest BCUT2D eigenvalue weighted by Gasteiger charge is -2.01. The number of thiophene rings is 1. The van der Waals surface area contributed by atoms with Crippen LogP contribution in [0.3, 0.4) is 0 Å². The number of hydrogen-bond donors (Lipinski definition) is 0. The molecule has 112 valence electrons. The highest BCUT2D eigenvalue weighted by molar-refractivity contribution is 7.18. The molecule has 0 saturated carbocycles. The van der Waals surface area contributed by atoms with E-state index in [0.717, 1.165) is 34.8 Å². The van der Waals surface area contributed by atoms with Crippen molar-refractivity contribution >= 4 is 11.3 Å². The zero-order valence-electron chi connectivity index (χ0n) is 11.7. The Morgan fingerprint density at radius 3 is 2.64 bits per heavy atom. The van der Waals surface area contributed by atoms with Crippen molar-refractivity contribution < 1.29 is 13.5 Å². The fourth-order valence-corrected chi connectivity index (χ4v) is 3.39. The Bertz CT molecular complexity index is 776. The summed E-state index contributed by atoms with van der Waals surface area (Å²) in [7, 11) is 0. The predicted molar refractivity (Wildman–Crippen MR) is 80.9 cm³/mol. The van der Waals surface area contributed by atoms with E-state index in [9.17, 15) is 4.39 Å². The molecular formula is C16H13FN2O2S. The molecule has 1 aromatic carbocycles. The second-order valence-electron chi connectivity index (χ2n) is 5.12. The van der Waals surface area contributed by atoms with Crippen molar-refractivity contribution in [1.82, 2.24) is 10.2 Å². The highest BCUT2D eigenvalue weighted by Crippen LogP contribution is 2.35. The molecule has 1 aliphatic heterocycles. The molecule has 0 N–H and O–H groups in total. The van der Waals surface area contributed by atoms with Gasteiger partial charge < -0.3 is 9.15 Å². The van der Waals surface area contributed by atoms with E-state index < -0.39 is 0 Å². The van der Waals surface area contributed by atoms with Gasteiger partial charge in [-0.3, -0.25) is 0 Å². The van der Waals surface area contributed by atoms with Crippen LogP contribution in [0.4, 0.5) is 4.39 Å². The van der Waals surface area contributed by atoms with Crippen LogP contribution in [-0.2, 0) is 4.74 Å². The lowest BCUT2D eigenvalue weighted by Crippen LogP contribution is -1.95. The number of nitrogens with zero attached hydrogens (tertiary/aromatic N) is 2. The summed E-state index contributed by atoms with van der Waals surface area (Å²) in [6.07, 6.45) is 1.88. The van der Waals surface area contributed by atoms with Crippen LogP contribution in [0.5, 0.6) is 0 Å². The number of rotatable bonds is 3. The van der Waals surface area contributed by atoms with Gasteiger partial charge in [0.1, 0.15) is 11.9 Å². The van der Waals surface area contributed by atoms with Gasteiger partial charge in [-0.1, -0.05) is 12.1 Å². The molecule has 1 saturated heterocycles. The Kier molecular flexibility index (Phi) is 3.48. The molecule has 0 bridgehead atoms. The van der Waals surface area contributed by atoms with E-state index in [-0.39, 0.29) is 11.9 Å². The predicted octanol–water partition coefficient (Wildman–Crippen LogP) is 4.46. The zero-order valence-corrected chi connectivity index (χ0v) is 12.5. The molecule has 3 heterocycles. The second-order valence-corrected chi connectivity index (χ2v) is 6.20. The van der Waals surface area contributed by atoms with Gasteiger partial charge >= 0.3 is 0 Å². The smallest absolute Gasteiger partial charge is 0.257 e. The van der Waals surface area contributed by atoms with Crippen LogP contribution in [0.2, 0.25) is 0 Å². The summed E-state index contributed by atoms with van der Waals surface area (Å²) in [5.74, 6) is 0.812. The fourth-order valence-electron chi connectivity index (χ4n) is 2.46. The molecule has 6 heteroatoms. The molecule has 2 aromatic heterocycles. The summed E-state index contributed by atoms with van der Waals surface area (Å²) in [5, 5.41) is 8.19. The number of aromatic nitrogens is 2. The Balaban J connectivity index is 1.59. The average Bonchev–Trinajstić information content (AvgIpc) is 3.27. The first-order valence-electron chi connectivity index (χ1n) is 7.11. The first kappa shape index (κ1) is 13.6. The highest BCUT2D eigenvalue weighted by Gasteiger charge is 2.24. The van der Waals surface area contributed by atoms with Crippen molar-refractivity contribution in [3.8, 4) is 21.2 Å². The van der Waals surface area contributed by atoms with Gasteiger partial charge in [-0.2, -0.15) is 0 Å². The molecule has 1 aliphatic rings. The monoisotopic (exact) mass is 316 g/mol. The van der Waals surface area contributed by atoms with Crippen LogP contribution in [-0.4, -0.2) is 16.8 Å². The van der Waals surface area contributed by atoms with Gasteiger partial charge in [-0.25, -0.2) is 4.39 Å². The van der Waals surface area contributed by atoms with E-state index in [0.29, 0.717) is 11.8 Å². The lowest BCUT2D eigenvalue weighted by atomic mass is 10.2. The summed E-state index contributed by atoms with van der Waals surface area (Å²) >= 11 is 1.54. The third-order valence-corrected chi connectivity index (χ3v) is 4.71. The van der Waals surface area contributed by atoms with E-state index in [1.807, 2.05) is 12.1 Å². The maximum Gasteiger partial charge on any atom is 0.257 e. The Hall–Kier alpha value is -2.05. The van der Waals surface area contributed by atoms with Crippen LogP contribution < -0.4 is 0 Å². The maximum absolute atomic E-state index is 13.0. The third-order valence-electron chi connectivity index (χ3n) is 3.59. The summed E-state index contributed by atoms with van der Waals surface area (Å²) in [6.45, 7) is 0.746. The minimum absolute atomic E-state index is 0.0715. The van der Waals surface area contributed by atoms with Crippen molar-refractivity contribution in [2.45, 2.75) is 18.9 Å². The molecular weight excluding hydrogens is 303 g/mol. The Labute approximate surface area is 130 Å². The van der Waals surface area contributed by atoms with Crippen LogP contribution in [0.25, 0.3) is 21.2 Å². The first-order valence-corrected chi connectivity index (χ1v) is 7.92. The Morgan fingerprint density at radius 1 is 1.05 bits per heavy atom. The minimum Gasteiger partial charge on any atom is -0.417 e. The second kappa shape index (κ2) is 5.62. The van der Waals surface area contributed by atoms with Gasteiger partial charge in [0.25, 0.3) is 5.89 Å². The molecule has 1 atom stereocenters. The molecule has 0 aliphatic carbocycles. The summed E-state index contributed by atoms with van der Waals surface area (Å²) < 4.78 is 24.3. The summed E-state index contributed by atoms with van der Waals surface area (Å²) in [5.41, 5.74) is 0.969. The number of halogens is 1. The van der Waals surface area contributed by atoms with Gasteiger partial charge in [-0.05, 0) is 42.7 Å². The zero-order chi connectivity index (χ0) is 14.9. The number of ether oxygens (including phenoxy) is 1. The number of benzene rings is 1. The van der Waals surface area contributed by atoms with Crippen LogP contribution >= 0.6 is 11.3 Å². The van der Waals surface area contributed by atoms with Crippen molar-refractivity contribution in [3.63, 3.8) is 0 Å². The molecule has 0 radical (unpaired) electrons. The normalized spacial score (nSPS) is 18.0. The maximum atomic E-state index is 13.0. The van der Waals surface area contributed by atoms with Gasteiger partial charge in [0.15, 0.2) is 0 Å². The van der Waals surface area contributed by atoms with E-state index in [2.05, 4.69) is 10.2 Å². The molecule has 22 heavy (non-hydrogen) atoms. The topological polar surface area (TPSA) is 48.2 Å². The minimum atomic E-state index is -0.237. The van der Waals surface area contributed by atoms with Crippen molar-refractivity contribution in [2.24, 2.45) is 0 Å². The molecule has 3 aromatic rings. The van der Waals surface area contributed by atoms with Crippen molar-refractivity contribution in [3.05, 3.63) is 48.1 Å². The van der Waals surface area contributed by atoms with Crippen molar-refractivity contribution in [1.29, 1.82) is 0 Å². The van der Waals surface area contributed by atoms with E-state index in [4.69, 9.17) is 9.15 Å². The quantitative estimate of drug-likeness (QED) is 0.716. The van der Waals surface area contributed by atoms with Gasteiger partial charge in [0, 0.05) is 11.5 Å². The van der Waals surface area contributed by atoms with Crippen molar-refractivity contribution in [2.75, 3.05) is 6.61 Å². The van der Waals surface area contributed by atoms with Crippen LogP contribution in [0.1, 0.15) is 24.8 Å². The van der Waals surface area contributed by atoms with Gasteiger partial charge in [-0.15, -0.1) is 21.5 Å². The molecule has 0 spiro atoms. The molecule has 0 amide bonds. The largest absolute Gasteiger partial charge is 0.417 e. The summed E-state index contributed by atoms with van der Waals surface area (Å²) in [6, 6.07) is 10.3. The van der Waals surface area contributed by atoms with Crippen LogP contribution in [0, 0.1) is 5.82 Å². The van der Waals surface area contributed by atoms with E-state index in [1.54, 1.807) is 23.5 Å². The first-order chi connectivity index (χ1) is 10.8. The van der Waals surface area contributed by atoms with Crippen LogP contribution in [0.15, 0.2) is 40.8 Å². The lowest BCUT2D eigenvalue weighted by molar-refractivity contribution is 0.0896. The standard InChI is InChI=1S/C16H13FN2O2S/c17-11-5-3-10(4-6-11)13-7-8-14(22-13)16-19-18-15(21-16)12-2-1-9-20-12/h3-8,12H,1-2,9H2/t12-/m1/s1. The molecule has 1 fully saturated rings. The third kappa shape index (κ3) is 2.55. The van der Waals surface area contributed by atoms with Gasteiger partial charge in [0.2, 0.25) is 5.89 Å². The fraction of sp³-hybridized carbons (Fsp3) is 0.250. The Morgan fingerprint density at radius 2 is 1.86 bits per heavy atom. The molecule has 0 unspecified atom stereocenters. The van der Waals surface area contributed by atoms with E-state index >= 15 is 0 Å².